The first kappa shape index (κ1) is 11.4. The highest BCUT2D eigenvalue weighted by Crippen LogP contribution is 2.26. The van der Waals surface area contributed by atoms with Gasteiger partial charge in [-0.05, 0) is 6.92 Å². The molecule has 1 aromatic rings. The molecule has 14 heavy (non-hydrogen) atoms. The highest BCUT2D eigenvalue weighted by atomic mass is 35.5. The van der Waals surface area contributed by atoms with Gasteiger partial charge in [0.2, 0.25) is 0 Å². The lowest BCUT2D eigenvalue weighted by Gasteiger charge is -2.15. The molecule has 0 saturated heterocycles. The first-order valence-electron chi connectivity index (χ1n) is 4.01. The van der Waals surface area contributed by atoms with E-state index in [2.05, 4.69) is 9.97 Å². The normalized spacial score (nSPS) is 16.2. The van der Waals surface area contributed by atoms with Gasteiger partial charge in [0.05, 0.1) is 10.6 Å². The molecule has 1 aromatic heterocycles. The van der Waals surface area contributed by atoms with E-state index in [-0.39, 0.29) is 0 Å². The predicted octanol–water partition coefficient (Wildman–Crippen LogP) is 1.19. The zero-order valence-electron chi connectivity index (χ0n) is 7.88. The SMILES string of the molecule is CC(C(Cl)c1cncnc1)S(C)(=O)=O. The highest BCUT2D eigenvalue weighted by Gasteiger charge is 2.25. The Morgan fingerprint density at radius 3 is 2.29 bits per heavy atom. The average molecular weight is 235 g/mol. The molecule has 1 rings (SSSR count). The van der Waals surface area contributed by atoms with Gasteiger partial charge >= 0.3 is 0 Å². The fourth-order valence-corrected chi connectivity index (χ4v) is 2.21. The van der Waals surface area contributed by atoms with Crippen molar-refractivity contribution in [2.45, 2.75) is 17.6 Å². The predicted molar refractivity (Wildman–Crippen MR) is 54.9 cm³/mol. The average Bonchev–Trinajstić information content (AvgIpc) is 2.15. The van der Waals surface area contributed by atoms with Crippen LogP contribution in [0.1, 0.15) is 17.9 Å². The number of halogens is 1. The minimum Gasteiger partial charge on any atom is -0.244 e. The molecule has 0 aliphatic carbocycles. The summed E-state index contributed by atoms with van der Waals surface area (Å²) in [6.07, 6.45) is 5.58. The quantitative estimate of drug-likeness (QED) is 0.738. The largest absolute Gasteiger partial charge is 0.244 e. The van der Waals surface area contributed by atoms with Crippen molar-refractivity contribution >= 4 is 21.4 Å². The topological polar surface area (TPSA) is 59.9 Å². The third-order valence-corrected chi connectivity index (χ3v) is 4.39. The summed E-state index contributed by atoms with van der Waals surface area (Å²) >= 11 is 5.98. The minimum atomic E-state index is -3.14. The van der Waals surface area contributed by atoms with Crippen LogP contribution in [0.3, 0.4) is 0 Å². The molecule has 0 aliphatic heterocycles. The summed E-state index contributed by atoms with van der Waals surface area (Å²) in [6, 6.07) is 0. The third-order valence-electron chi connectivity index (χ3n) is 1.99. The Balaban J connectivity index is 2.92. The minimum absolute atomic E-state index is 0.605. The summed E-state index contributed by atoms with van der Waals surface area (Å²) < 4.78 is 22.4. The second kappa shape index (κ2) is 4.23. The third kappa shape index (κ3) is 2.65. The lowest BCUT2D eigenvalue weighted by Crippen LogP contribution is -2.21. The summed E-state index contributed by atoms with van der Waals surface area (Å²) in [5, 5.41) is -1.25. The molecule has 2 unspecified atom stereocenters. The van der Waals surface area contributed by atoms with E-state index in [1.807, 2.05) is 0 Å². The van der Waals surface area contributed by atoms with Crippen LogP contribution in [0.25, 0.3) is 0 Å². The number of alkyl halides is 1. The summed E-state index contributed by atoms with van der Waals surface area (Å²) in [5.41, 5.74) is 0.618. The van der Waals surface area contributed by atoms with Crippen LogP contribution in [0.5, 0.6) is 0 Å². The molecule has 78 valence electrons. The number of hydrogen-bond acceptors (Lipinski definition) is 4. The van der Waals surface area contributed by atoms with Crippen LogP contribution < -0.4 is 0 Å². The standard InChI is InChI=1S/C8H11ClN2O2S/c1-6(14(2,12)13)8(9)7-3-10-5-11-4-7/h3-6,8H,1-2H3. The number of nitrogens with zero attached hydrogens (tertiary/aromatic N) is 2. The van der Waals surface area contributed by atoms with Crippen molar-refractivity contribution in [3.05, 3.63) is 24.3 Å². The van der Waals surface area contributed by atoms with Gasteiger partial charge in [-0.1, -0.05) is 0 Å². The Hall–Kier alpha value is -0.680. The lowest BCUT2D eigenvalue weighted by molar-refractivity contribution is 0.586. The molecule has 0 bridgehead atoms. The van der Waals surface area contributed by atoms with Gasteiger partial charge in [0.1, 0.15) is 6.33 Å². The van der Waals surface area contributed by atoms with Crippen LogP contribution in [0.15, 0.2) is 18.7 Å². The van der Waals surface area contributed by atoms with E-state index >= 15 is 0 Å². The molecule has 2 atom stereocenters. The van der Waals surface area contributed by atoms with Crippen molar-refractivity contribution in [1.29, 1.82) is 0 Å². The smallest absolute Gasteiger partial charge is 0.151 e. The Bertz CT molecular complexity index is 393. The molecule has 1 heterocycles. The Kier molecular flexibility index (Phi) is 3.44. The Morgan fingerprint density at radius 2 is 1.86 bits per heavy atom. The summed E-state index contributed by atoms with van der Waals surface area (Å²) in [5.74, 6) is 0. The van der Waals surface area contributed by atoms with Crippen molar-refractivity contribution in [2.24, 2.45) is 0 Å². The van der Waals surface area contributed by atoms with Crippen molar-refractivity contribution in [3.63, 3.8) is 0 Å². The van der Waals surface area contributed by atoms with Crippen molar-refractivity contribution < 1.29 is 8.42 Å². The molecule has 0 saturated carbocycles. The lowest BCUT2D eigenvalue weighted by atomic mass is 10.2. The summed E-state index contributed by atoms with van der Waals surface area (Å²) in [4.78, 5) is 7.56. The second-order valence-electron chi connectivity index (χ2n) is 3.11. The summed E-state index contributed by atoms with van der Waals surface area (Å²) in [7, 11) is -3.14. The zero-order chi connectivity index (χ0) is 10.8. The highest BCUT2D eigenvalue weighted by molar-refractivity contribution is 7.91. The number of aromatic nitrogens is 2. The van der Waals surface area contributed by atoms with Gasteiger partial charge in [0.15, 0.2) is 9.84 Å². The van der Waals surface area contributed by atoms with Crippen LogP contribution in [-0.2, 0) is 9.84 Å². The van der Waals surface area contributed by atoms with Gasteiger partial charge in [-0.3, -0.25) is 0 Å². The van der Waals surface area contributed by atoms with E-state index in [9.17, 15) is 8.42 Å². The first-order valence-corrected chi connectivity index (χ1v) is 6.40. The molecule has 0 aliphatic rings. The summed E-state index contributed by atoms with van der Waals surface area (Å²) in [6.45, 7) is 1.57. The van der Waals surface area contributed by atoms with Crippen LogP contribution in [-0.4, -0.2) is 29.9 Å². The maximum absolute atomic E-state index is 11.2. The van der Waals surface area contributed by atoms with Crippen LogP contribution in [0, 0.1) is 0 Å². The van der Waals surface area contributed by atoms with Crippen molar-refractivity contribution in [2.75, 3.05) is 6.26 Å². The monoisotopic (exact) mass is 234 g/mol. The van der Waals surface area contributed by atoms with E-state index in [0.717, 1.165) is 6.26 Å². The van der Waals surface area contributed by atoms with Crippen molar-refractivity contribution in [3.8, 4) is 0 Å². The molecule has 0 fully saturated rings. The van der Waals surface area contributed by atoms with E-state index in [0.29, 0.717) is 5.56 Å². The van der Waals surface area contributed by atoms with Crippen LogP contribution in [0.2, 0.25) is 0 Å². The number of sulfone groups is 1. The van der Waals surface area contributed by atoms with Crippen LogP contribution >= 0.6 is 11.6 Å². The van der Waals surface area contributed by atoms with Gasteiger partial charge in [-0.2, -0.15) is 0 Å². The van der Waals surface area contributed by atoms with Gasteiger partial charge < -0.3 is 0 Å². The Morgan fingerprint density at radius 1 is 1.36 bits per heavy atom. The molecule has 0 radical (unpaired) electrons. The van der Waals surface area contributed by atoms with E-state index in [1.165, 1.54) is 18.7 Å². The number of hydrogen-bond donors (Lipinski definition) is 0. The van der Waals surface area contributed by atoms with Gasteiger partial charge in [-0.15, -0.1) is 11.6 Å². The van der Waals surface area contributed by atoms with Gasteiger partial charge in [0, 0.05) is 24.2 Å². The fourth-order valence-electron chi connectivity index (χ4n) is 0.941. The molecule has 0 amide bonds. The molecule has 6 heteroatoms. The maximum Gasteiger partial charge on any atom is 0.151 e. The van der Waals surface area contributed by atoms with E-state index in [1.54, 1.807) is 6.92 Å². The number of rotatable bonds is 3. The molecular formula is C8H11ClN2O2S. The first-order chi connectivity index (χ1) is 6.43. The Labute approximate surface area is 88.3 Å². The molecular weight excluding hydrogens is 224 g/mol. The van der Waals surface area contributed by atoms with Gasteiger partial charge in [0.25, 0.3) is 0 Å². The van der Waals surface area contributed by atoms with E-state index < -0.39 is 20.5 Å². The second-order valence-corrected chi connectivity index (χ2v) is 5.98. The fraction of sp³-hybridized carbons (Fsp3) is 0.500. The van der Waals surface area contributed by atoms with Crippen molar-refractivity contribution in [1.82, 2.24) is 9.97 Å². The molecule has 0 N–H and O–H groups in total. The van der Waals surface area contributed by atoms with Gasteiger partial charge in [-0.25, -0.2) is 18.4 Å². The van der Waals surface area contributed by atoms with Crippen LogP contribution in [0.4, 0.5) is 0 Å². The maximum atomic E-state index is 11.2. The molecule has 0 spiro atoms. The molecule has 0 aromatic carbocycles. The van der Waals surface area contributed by atoms with E-state index in [4.69, 9.17) is 11.6 Å². The molecule has 4 nitrogen and oxygen atoms in total. The zero-order valence-corrected chi connectivity index (χ0v) is 9.46.